The van der Waals surface area contributed by atoms with Crippen LogP contribution in [0.1, 0.15) is 51.5 Å². The van der Waals surface area contributed by atoms with Crippen molar-refractivity contribution < 1.29 is 0 Å². The summed E-state index contributed by atoms with van der Waals surface area (Å²) >= 11 is 7.08. The van der Waals surface area contributed by atoms with Gasteiger partial charge in [-0.25, -0.2) is 0 Å². The van der Waals surface area contributed by atoms with Gasteiger partial charge < -0.3 is 11.1 Å². The summed E-state index contributed by atoms with van der Waals surface area (Å²) in [6.07, 6.45) is 6.48. The van der Waals surface area contributed by atoms with Gasteiger partial charge in [0.1, 0.15) is 4.99 Å². The van der Waals surface area contributed by atoms with E-state index in [-0.39, 0.29) is 0 Å². The summed E-state index contributed by atoms with van der Waals surface area (Å²) in [7, 11) is 0. The second-order valence-corrected chi connectivity index (χ2v) is 7.49. The van der Waals surface area contributed by atoms with Crippen molar-refractivity contribution in [1.29, 1.82) is 0 Å². The highest BCUT2D eigenvalue weighted by atomic mass is 32.2. The Morgan fingerprint density at radius 2 is 2.00 bits per heavy atom. The molecule has 21 heavy (non-hydrogen) atoms. The van der Waals surface area contributed by atoms with E-state index in [9.17, 15) is 0 Å². The van der Waals surface area contributed by atoms with Gasteiger partial charge in [0.25, 0.3) is 0 Å². The Balaban J connectivity index is 2.12. The first-order valence-corrected chi connectivity index (χ1v) is 9.37. The zero-order valence-electron chi connectivity index (χ0n) is 13.0. The first kappa shape index (κ1) is 16.6. The van der Waals surface area contributed by atoms with E-state index in [0.717, 1.165) is 22.9 Å². The van der Waals surface area contributed by atoms with Gasteiger partial charge in [-0.15, -0.1) is 11.8 Å². The number of hydrogen-bond acceptors (Lipinski definition) is 3. The molecule has 0 amide bonds. The van der Waals surface area contributed by atoms with Crippen LogP contribution in [0.5, 0.6) is 0 Å². The van der Waals surface area contributed by atoms with E-state index < -0.39 is 0 Å². The molecule has 2 nitrogen and oxygen atoms in total. The summed E-state index contributed by atoms with van der Waals surface area (Å²) in [6.45, 7) is 4.45. The van der Waals surface area contributed by atoms with Crippen LogP contribution >= 0.6 is 24.0 Å². The molecule has 0 atom stereocenters. The van der Waals surface area contributed by atoms with Crippen molar-refractivity contribution >= 4 is 34.7 Å². The average Bonchev–Trinajstić information content (AvgIpc) is 2.48. The topological polar surface area (TPSA) is 38.0 Å². The molecule has 1 aliphatic carbocycles. The monoisotopic (exact) mass is 322 g/mol. The lowest BCUT2D eigenvalue weighted by molar-refractivity contribution is 0.330. The van der Waals surface area contributed by atoms with E-state index in [2.05, 4.69) is 37.4 Å². The third-order valence-electron chi connectivity index (χ3n) is 4.36. The number of benzene rings is 1. The molecule has 0 aliphatic heterocycles. The SMILES string of the molecule is CCSc1cccc(NC2CCC(CC)CC2)c1C(N)=S. The van der Waals surface area contributed by atoms with Gasteiger partial charge in [-0.05, 0) is 49.5 Å². The van der Waals surface area contributed by atoms with Gasteiger partial charge in [0, 0.05) is 22.2 Å². The lowest BCUT2D eigenvalue weighted by atomic mass is 9.84. The molecule has 0 heterocycles. The summed E-state index contributed by atoms with van der Waals surface area (Å²) in [4.78, 5) is 1.69. The van der Waals surface area contributed by atoms with Gasteiger partial charge in [0.05, 0.1) is 0 Å². The molecule has 0 unspecified atom stereocenters. The van der Waals surface area contributed by atoms with Crippen molar-refractivity contribution in [3.63, 3.8) is 0 Å². The Morgan fingerprint density at radius 1 is 1.29 bits per heavy atom. The first-order valence-electron chi connectivity index (χ1n) is 7.97. The Labute approximate surface area is 138 Å². The van der Waals surface area contributed by atoms with Crippen molar-refractivity contribution in [2.45, 2.75) is 56.9 Å². The van der Waals surface area contributed by atoms with Crippen LogP contribution in [0.3, 0.4) is 0 Å². The number of hydrogen-bond donors (Lipinski definition) is 2. The first-order chi connectivity index (χ1) is 10.2. The maximum absolute atomic E-state index is 5.97. The molecule has 0 bridgehead atoms. The highest BCUT2D eigenvalue weighted by Gasteiger charge is 2.21. The minimum Gasteiger partial charge on any atom is -0.389 e. The molecule has 2 rings (SSSR count). The summed E-state index contributed by atoms with van der Waals surface area (Å²) in [5.74, 6) is 1.95. The number of thiocarbonyl (C=S) groups is 1. The maximum atomic E-state index is 5.97. The fraction of sp³-hybridized carbons (Fsp3) is 0.588. The molecular weight excluding hydrogens is 296 g/mol. The van der Waals surface area contributed by atoms with Crippen LogP contribution in [0, 0.1) is 5.92 Å². The standard InChI is InChI=1S/C17H26N2S2/c1-3-12-8-10-13(11-9-12)19-14-6-5-7-15(21-4-2)16(14)17(18)20/h5-7,12-13,19H,3-4,8-11H2,1-2H3,(H2,18,20). The molecule has 1 fully saturated rings. The molecule has 3 N–H and O–H groups in total. The van der Waals surface area contributed by atoms with Crippen LogP contribution in [0.2, 0.25) is 0 Å². The molecule has 1 aliphatic rings. The Hall–Kier alpha value is -0.740. The van der Waals surface area contributed by atoms with Gasteiger partial charge in [-0.2, -0.15) is 0 Å². The Kier molecular flexibility index (Phi) is 6.37. The highest BCUT2D eigenvalue weighted by molar-refractivity contribution is 7.99. The molecule has 4 heteroatoms. The lowest BCUT2D eigenvalue weighted by Crippen LogP contribution is -2.27. The largest absolute Gasteiger partial charge is 0.389 e. The van der Waals surface area contributed by atoms with Crippen LogP contribution in [0.15, 0.2) is 23.1 Å². The number of nitrogens with two attached hydrogens (primary N) is 1. The average molecular weight is 323 g/mol. The van der Waals surface area contributed by atoms with E-state index in [1.165, 1.54) is 37.0 Å². The smallest absolute Gasteiger partial charge is 0.107 e. The number of rotatable bonds is 6. The minimum absolute atomic E-state index is 0.497. The van der Waals surface area contributed by atoms with Crippen molar-refractivity contribution in [2.75, 3.05) is 11.1 Å². The summed E-state index contributed by atoms with van der Waals surface area (Å²) in [5.41, 5.74) is 8.11. The fourth-order valence-electron chi connectivity index (χ4n) is 3.12. The van der Waals surface area contributed by atoms with Gasteiger partial charge >= 0.3 is 0 Å². The van der Waals surface area contributed by atoms with Crippen LogP contribution in [-0.2, 0) is 0 Å². The van der Waals surface area contributed by atoms with Gasteiger partial charge in [0.15, 0.2) is 0 Å². The van der Waals surface area contributed by atoms with E-state index >= 15 is 0 Å². The molecule has 1 aromatic rings. The maximum Gasteiger partial charge on any atom is 0.107 e. The van der Waals surface area contributed by atoms with Crippen LogP contribution in [0.4, 0.5) is 5.69 Å². The Morgan fingerprint density at radius 3 is 2.57 bits per heavy atom. The zero-order chi connectivity index (χ0) is 15.2. The highest BCUT2D eigenvalue weighted by Crippen LogP contribution is 2.32. The predicted octanol–water partition coefficient (Wildman–Crippen LogP) is 4.81. The van der Waals surface area contributed by atoms with Crippen molar-refractivity contribution in [3.05, 3.63) is 23.8 Å². The normalized spacial score (nSPS) is 22.0. The molecule has 0 aromatic heterocycles. The number of nitrogens with one attached hydrogen (secondary N) is 1. The Bertz CT molecular complexity index is 480. The van der Waals surface area contributed by atoms with Crippen LogP contribution < -0.4 is 11.1 Å². The van der Waals surface area contributed by atoms with Crippen LogP contribution in [-0.4, -0.2) is 16.8 Å². The second kappa shape index (κ2) is 8.04. The third-order valence-corrected chi connectivity index (χ3v) is 5.50. The van der Waals surface area contributed by atoms with Crippen molar-refractivity contribution in [1.82, 2.24) is 0 Å². The molecule has 0 radical (unpaired) electrons. The molecule has 1 aromatic carbocycles. The summed E-state index contributed by atoms with van der Waals surface area (Å²) < 4.78 is 0. The van der Waals surface area contributed by atoms with E-state index in [1.807, 2.05) is 0 Å². The van der Waals surface area contributed by atoms with E-state index in [0.29, 0.717) is 11.0 Å². The quantitative estimate of drug-likeness (QED) is 0.582. The van der Waals surface area contributed by atoms with Gasteiger partial charge in [-0.1, -0.05) is 38.6 Å². The van der Waals surface area contributed by atoms with E-state index in [4.69, 9.17) is 18.0 Å². The molecule has 1 saturated carbocycles. The second-order valence-electron chi connectivity index (χ2n) is 5.75. The molecule has 116 valence electrons. The number of thioether (sulfide) groups is 1. The molecule has 0 saturated heterocycles. The van der Waals surface area contributed by atoms with Gasteiger partial charge in [-0.3, -0.25) is 0 Å². The van der Waals surface area contributed by atoms with Crippen molar-refractivity contribution in [3.8, 4) is 0 Å². The van der Waals surface area contributed by atoms with E-state index in [1.54, 1.807) is 11.8 Å². The van der Waals surface area contributed by atoms with Crippen LogP contribution in [0.25, 0.3) is 0 Å². The lowest BCUT2D eigenvalue weighted by Gasteiger charge is -2.30. The summed E-state index contributed by atoms with van der Waals surface area (Å²) in [6, 6.07) is 6.88. The third kappa shape index (κ3) is 4.36. The molecule has 0 spiro atoms. The summed E-state index contributed by atoms with van der Waals surface area (Å²) in [5, 5.41) is 3.69. The minimum atomic E-state index is 0.497. The van der Waals surface area contributed by atoms with Crippen molar-refractivity contribution in [2.24, 2.45) is 11.7 Å². The predicted molar refractivity (Wildman–Crippen MR) is 98.4 cm³/mol. The fourth-order valence-corrected chi connectivity index (χ4v) is 4.25. The molecular formula is C17H26N2S2. The van der Waals surface area contributed by atoms with Gasteiger partial charge in [0.2, 0.25) is 0 Å². The number of anilines is 1. The zero-order valence-corrected chi connectivity index (χ0v) is 14.7.